The molecule has 0 atom stereocenters. The van der Waals surface area contributed by atoms with Crippen molar-refractivity contribution < 1.29 is 24.1 Å². The van der Waals surface area contributed by atoms with Crippen LogP contribution in [0.15, 0.2) is 42.5 Å². The van der Waals surface area contributed by atoms with Crippen molar-refractivity contribution in [3.05, 3.63) is 53.6 Å². The highest BCUT2D eigenvalue weighted by atomic mass is 16.6. The summed E-state index contributed by atoms with van der Waals surface area (Å²) >= 11 is 0. The summed E-state index contributed by atoms with van der Waals surface area (Å²) in [4.78, 5) is 11.9. The van der Waals surface area contributed by atoms with Gasteiger partial charge in [0.2, 0.25) is 0 Å². The van der Waals surface area contributed by atoms with E-state index in [4.69, 9.17) is 14.2 Å². The minimum Gasteiger partial charge on any atom is -0.507 e. The molecule has 0 aliphatic rings. The molecule has 0 aromatic heterocycles. The second-order valence-electron chi connectivity index (χ2n) is 4.63. The Morgan fingerprint density at radius 1 is 1.05 bits per heavy atom. The number of aryl methyl sites for hydroxylation is 1. The number of benzene rings is 2. The fraction of sp³-hybridized carbons (Fsp3) is 0.235. The quantitative estimate of drug-likeness (QED) is 0.656. The highest BCUT2D eigenvalue weighted by Gasteiger charge is 2.13. The average molecular weight is 302 g/mol. The van der Waals surface area contributed by atoms with E-state index >= 15 is 0 Å². The van der Waals surface area contributed by atoms with Crippen molar-refractivity contribution in [1.82, 2.24) is 0 Å². The molecule has 0 saturated heterocycles. The number of phenolic OH excluding ortho intramolecular Hbond substituents is 1. The van der Waals surface area contributed by atoms with Crippen LogP contribution in [-0.2, 0) is 4.74 Å². The van der Waals surface area contributed by atoms with Crippen molar-refractivity contribution in [2.24, 2.45) is 0 Å². The molecule has 0 heterocycles. The van der Waals surface area contributed by atoms with E-state index in [1.54, 1.807) is 50.4 Å². The van der Waals surface area contributed by atoms with Gasteiger partial charge in [0.05, 0.1) is 7.11 Å². The summed E-state index contributed by atoms with van der Waals surface area (Å²) in [7, 11) is 1.59. The van der Waals surface area contributed by atoms with Crippen molar-refractivity contribution in [3.63, 3.8) is 0 Å². The molecule has 0 saturated carbocycles. The van der Waals surface area contributed by atoms with Gasteiger partial charge in [0, 0.05) is 0 Å². The summed E-state index contributed by atoms with van der Waals surface area (Å²) in [5.41, 5.74) is 0.786. The third-order valence-electron chi connectivity index (χ3n) is 3.10. The lowest BCUT2D eigenvalue weighted by Gasteiger charge is -2.09. The third-order valence-corrected chi connectivity index (χ3v) is 3.10. The molecule has 0 spiro atoms. The number of phenols is 1. The van der Waals surface area contributed by atoms with Crippen molar-refractivity contribution in [3.8, 4) is 17.2 Å². The molecule has 116 valence electrons. The van der Waals surface area contributed by atoms with E-state index in [0.717, 1.165) is 5.75 Å². The number of carbonyl (C=O) groups excluding carboxylic acids is 1. The van der Waals surface area contributed by atoms with Crippen LogP contribution in [0.3, 0.4) is 0 Å². The van der Waals surface area contributed by atoms with Crippen molar-refractivity contribution in [2.75, 3.05) is 20.3 Å². The lowest BCUT2D eigenvalue weighted by Crippen LogP contribution is -2.12. The number of carbonyl (C=O) groups is 1. The van der Waals surface area contributed by atoms with Gasteiger partial charge in [-0.3, -0.25) is 0 Å². The van der Waals surface area contributed by atoms with E-state index in [2.05, 4.69) is 0 Å². The minimum atomic E-state index is -0.570. The number of para-hydroxylation sites is 1. The van der Waals surface area contributed by atoms with Gasteiger partial charge in [0.15, 0.2) is 0 Å². The number of ether oxygens (including phenoxy) is 3. The van der Waals surface area contributed by atoms with Crippen molar-refractivity contribution in [2.45, 2.75) is 6.92 Å². The molecule has 0 amide bonds. The van der Waals surface area contributed by atoms with Crippen LogP contribution in [0.2, 0.25) is 0 Å². The first-order valence-corrected chi connectivity index (χ1v) is 6.84. The van der Waals surface area contributed by atoms with Crippen LogP contribution in [-0.4, -0.2) is 31.4 Å². The van der Waals surface area contributed by atoms with Crippen LogP contribution in [0.4, 0.5) is 0 Å². The standard InChI is InChI=1S/C17H18O5/c1-12-4-3-5-15(16(12)18)17(19)22-11-10-21-14-8-6-13(20-2)7-9-14/h3-9,18H,10-11H2,1-2H3. The molecule has 0 unspecified atom stereocenters. The van der Waals surface area contributed by atoms with E-state index in [1.807, 2.05) is 0 Å². The van der Waals surface area contributed by atoms with E-state index < -0.39 is 5.97 Å². The molecule has 0 aliphatic heterocycles. The molecule has 0 aliphatic carbocycles. The highest BCUT2D eigenvalue weighted by Crippen LogP contribution is 2.22. The van der Waals surface area contributed by atoms with Gasteiger partial charge in [-0.2, -0.15) is 0 Å². The Labute approximate surface area is 129 Å². The maximum absolute atomic E-state index is 11.9. The molecule has 2 aromatic rings. The molecular formula is C17H18O5. The number of rotatable bonds is 6. The molecule has 0 bridgehead atoms. The summed E-state index contributed by atoms with van der Waals surface area (Å²) in [5.74, 6) is 0.784. The molecule has 2 rings (SSSR count). The Bertz CT molecular complexity index is 634. The van der Waals surface area contributed by atoms with Gasteiger partial charge in [-0.25, -0.2) is 4.79 Å². The molecule has 22 heavy (non-hydrogen) atoms. The predicted octanol–water partition coefficient (Wildman–Crippen LogP) is 2.95. The molecule has 1 N–H and O–H groups in total. The van der Waals surface area contributed by atoms with Gasteiger partial charge in [-0.1, -0.05) is 12.1 Å². The molecule has 5 nitrogen and oxygen atoms in total. The van der Waals surface area contributed by atoms with Gasteiger partial charge in [-0.15, -0.1) is 0 Å². The molecule has 5 heteroatoms. The fourth-order valence-electron chi connectivity index (χ4n) is 1.87. The smallest absolute Gasteiger partial charge is 0.342 e. The Morgan fingerprint density at radius 3 is 2.41 bits per heavy atom. The predicted molar refractivity (Wildman–Crippen MR) is 81.6 cm³/mol. The molecule has 0 fully saturated rings. The Balaban J connectivity index is 1.80. The number of esters is 1. The highest BCUT2D eigenvalue weighted by molar-refractivity contribution is 5.92. The Hall–Kier alpha value is -2.69. The average Bonchev–Trinajstić information content (AvgIpc) is 2.54. The van der Waals surface area contributed by atoms with Crippen LogP contribution in [0.25, 0.3) is 0 Å². The number of methoxy groups -OCH3 is 1. The lowest BCUT2D eigenvalue weighted by molar-refractivity contribution is 0.0447. The van der Waals surface area contributed by atoms with Gasteiger partial charge in [0.25, 0.3) is 0 Å². The van der Waals surface area contributed by atoms with Crippen LogP contribution >= 0.6 is 0 Å². The summed E-state index contributed by atoms with van der Waals surface area (Å²) in [6.07, 6.45) is 0. The van der Waals surface area contributed by atoms with E-state index in [0.29, 0.717) is 11.3 Å². The largest absolute Gasteiger partial charge is 0.507 e. The topological polar surface area (TPSA) is 65.0 Å². The third kappa shape index (κ3) is 3.91. The van der Waals surface area contributed by atoms with Gasteiger partial charge in [0.1, 0.15) is 36.0 Å². The minimum absolute atomic E-state index is 0.0522. The summed E-state index contributed by atoms with van der Waals surface area (Å²) in [5, 5.41) is 9.81. The lowest BCUT2D eigenvalue weighted by atomic mass is 10.1. The molecular weight excluding hydrogens is 284 g/mol. The zero-order valence-electron chi connectivity index (χ0n) is 12.5. The molecule has 0 radical (unpaired) electrons. The zero-order chi connectivity index (χ0) is 15.9. The summed E-state index contributed by atoms with van der Waals surface area (Å²) in [6.45, 7) is 2.04. The SMILES string of the molecule is COc1ccc(OCCOC(=O)c2cccc(C)c2O)cc1. The second kappa shape index (κ2) is 7.36. The van der Waals surface area contributed by atoms with Crippen molar-refractivity contribution in [1.29, 1.82) is 0 Å². The summed E-state index contributed by atoms with van der Waals surface area (Å²) < 4.78 is 15.6. The van der Waals surface area contributed by atoms with Crippen LogP contribution in [0.5, 0.6) is 17.2 Å². The number of hydrogen-bond acceptors (Lipinski definition) is 5. The Kier molecular flexibility index (Phi) is 5.25. The van der Waals surface area contributed by atoms with Gasteiger partial charge >= 0.3 is 5.97 Å². The van der Waals surface area contributed by atoms with Crippen molar-refractivity contribution >= 4 is 5.97 Å². The first-order valence-electron chi connectivity index (χ1n) is 6.84. The van der Waals surface area contributed by atoms with Crippen LogP contribution < -0.4 is 9.47 Å². The van der Waals surface area contributed by atoms with Crippen LogP contribution in [0.1, 0.15) is 15.9 Å². The van der Waals surface area contributed by atoms with Gasteiger partial charge in [-0.05, 0) is 42.8 Å². The van der Waals surface area contributed by atoms with E-state index in [-0.39, 0.29) is 24.5 Å². The Morgan fingerprint density at radius 2 is 1.73 bits per heavy atom. The number of aromatic hydroxyl groups is 1. The fourth-order valence-corrected chi connectivity index (χ4v) is 1.87. The first kappa shape index (κ1) is 15.7. The molecule has 2 aromatic carbocycles. The van der Waals surface area contributed by atoms with Crippen LogP contribution in [0, 0.1) is 6.92 Å². The number of hydrogen-bond donors (Lipinski definition) is 1. The van der Waals surface area contributed by atoms with E-state index in [9.17, 15) is 9.90 Å². The first-order chi connectivity index (χ1) is 10.6. The van der Waals surface area contributed by atoms with E-state index in [1.165, 1.54) is 6.07 Å². The normalized spacial score (nSPS) is 10.1. The van der Waals surface area contributed by atoms with Gasteiger partial charge < -0.3 is 19.3 Å². The monoisotopic (exact) mass is 302 g/mol. The second-order valence-corrected chi connectivity index (χ2v) is 4.63. The summed E-state index contributed by atoms with van der Waals surface area (Å²) in [6, 6.07) is 12.0. The maximum Gasteiger partial charge on any atom is 0.342 e. The zero-order valence-corrected chi connectivity index (χ0v) is 12.5. The maximum atomic E-state index is 11.9.